The first-order valence-electron chi connectivity index (χ1n) is 10.5. The number of ether oxygens (including phenoxy) is 3. The van der Waals surface area contributed by atoms with Crippen molar-refractivity contribution < 1.29 is 14.2 Å². The van der Waals surface area contributed by atoms with Crippen LogP contribution in [0.1, 0.15) is 24.0 Å². The van der Waals surface area contributed by atoms with Gasteiger partial charge in [-0.05, 0) is 43.0 Å². The highest BCUT2D eigenvalue weighted by molar-refractivity contribution is 5.37. The molecule has 0 aliphatic carbocycles. The lowest BCUT2D eigenvalue weighted by atomic mass is 9.85. The highest BCUT2D eigenvalue weighted by Crippen LogP contribution is 2.38. The lowest BCUT2D eigenvalue weighted by molar-refractivity contribution is -0.209. The van der Waals surface area contributed by atoms with E-state index in [0.717, 1.165) is 17.7 Å². The van der Waals surface area contributed by atoms with E-state index in [1.54, 1.807) is 0 Å². The normalized spacial score (nSPS) is 31.6. The maximum atomic E-state index is 6.75. The topological polar surface area (TPSA) is 30.9 Å². The Morgan fingerprint density at radius 1 is 0.929 bits per heavy atom. The van der Waals surface area contributed by atoms with Crippen molar-refractivity contribution >= 4 is 0 Å². The molecule has 2 aromatic carbocycles. The zero-order valence-electron chi connectivity index (χ0n) is 16.3. The number of piperidine rings is 3. The van der Waals surface area contributed by atoms with Crippen LogP contribution >= 0.6 is 0 Å². The minimum absolute atomic E-state index is 0.0652. The molecule has 0 saturated carbocycles. The second-order valence-corrected chi connectivity index (χ2v) is 8.32. The minimum Gasteiger partial charge on any atom is -0.375 e. The largest absolute Gasteiger partial charge is 0.375 e. The number of benzene rings is 2. The Kier molecular flexibility index (Phi) is 5.20. The number of nitrogens with zero attached hydrogens (tertiary/aromatic N) is 1. The van der Waals surface area contributed by atoms with Gasteiger partial charge < -0.3 is 19.1 Å². The average Bonchev–Trinajstić information content (AvgIpc) is 2.80. The first-order valence-corrected chi connectivity index (χ1v) is 10.5. The summed E-state index contributed by atoms with van der Waals surface area (Å²) in [6.45, 7) is 5.24. The van der Waals surface area contributed by atoms with Crippen molar-refractivity contribution in [2.75, 3.05) is 39.5 Å². The molecule has 6 rings (SSSR count). The van der Waals surface area contributed by atoms with E-state index in [-0.39, 0.29) is 6.10 Å². The first-order chi connectivity index (χ1) is 13.8. The molecule has 4 aliphatic rings. The van der Waals surface area contributed by atoms with Crippen molar-refractivity contribution in [3.8, 4) is 0 Å². The Morgan fingerprint density at radius 3 is 2.14 bits per heavy atom. The number of hydrogen-bond acceptors (Lipinski definition) is 4. The number of fused-ring (bicyclic) bond motifs is 3. The van der Waals surface area contributed by atoms with Gasteiger partial charge in [-0.1, -0.05) is 60.7 Å². The highest BCUT2D eigenvalue weighted by Gasteiger charge is 2.42. The van der Waals surface area contributed by atoms with E-state index < -0.39 is 5.60 Å². The molecule has 4 saturated heterocycles. The molecular formula is C24H29NO3. The molecule has 2 aromatic rings. The Bertz CT molecular complexity index is 718. The zero-order chi connectivity index (χ0) is 18.8. The standard InChI is InChI=1S/C24H29NO3/c1-3-7-20(8-4-1)24(21-9-5-2-6-10-21)18-26-16-22(28-24)17-27-23-15-25-13-11-19(23)12-14-25/h1-10,19,22-23H,11-18H2/t22-,23-/m0/s1. The quantitative estimate of drug-likeness (QED) is 0.796. The summed E-state index contributed by atoms with van der Waals surface area (Å²) < 4.78 is 19.2. The predicted octanol–water partition coefficient (Wildman–Crippen LogP) is 3.46. The summed E-state index contributed by atoms with van der Waals surface area (Å²) in [5.74, 6) is 0.711. The van der Waals surface area contributed by atoms with Gasteiger partial charge in [-0.25, -0.2) is 0 Å². The van der Waals surface area contributed by atoms with Gasteiger partial charge in [0.05, 0.1) is 25.9 Å². The van der Waals surface area contributed by atoms with E-state index >= 15 is 0 Å². The van der Waals surface area contributed by atoms with Gasteiger partial charge in [-0.3, -0.25) is 0 Å². The molecule has 4 heterocycles. The fraction of sp³-hybridized carbons (Fsp3) is 0.500. The summed E-state index contributed by atoms with van der Waals surface area (Å²) in [5, 5.41) is 0. The third kappa shape index (κ3) is 3.50. The Labute approximate surface area is 167 Å². The monoisotopic (exact) mass is 379 g/mol. The highest BCUT2D eigenvalue weighted by atomic mass is 16.6. The number of rotatable bonds is 5. The molecule has 0 N–H and O–H groups in total. The van der Waals surface area contributed by atoms with Crippen LogP contribution in [0.2, 0.25) is 0 Å². The fourth-order valence-electron chi connectivity index (χ4n) is 4.98. The lowest BCUT2D eigenvalue weighted by Crippen LogP contribution is -2.53. The molecule has 4 aliphatic heterocycles. The zero-order valence-corrected chi connectivity index (χ0v) is 16.3. The Hall–Kier alpha value is -1.72. The summed E-state index contributed by atoms with van der Waals surface area (Å²) in [5.41, 5.74) is 1.69. The Morgan fingerprint density at radius 2 is 1.57 bits per heavy atom. The van der Waals surface area contributed by atoms with E-state index in [0.29, 0.717) is 31.8 Å². The summed E-state index contributed by atoms with van der Waals surface area (Å²) >= 11 is 0. The van der Waals surface area contributed by atoms with E-state index in [1.807, 2.05) is 12.1 Å². The van der Waals surface area contributed by atoms with Crippen LogP contribution in [-0.2, 0) is 19.8 Å². The van der Waals surface area contributed by atoms with Gasteiger partial charge in [0.25, 0.3) is 0 Å². The third-order valence-electron chi connectivity index (χ3n) is 6.55. The van der Waals surface area contributed by atoms with Crippen molar-refractivity contribution in [2.24, 2.45) is 5.92 Å². The fourth-order valence-corrected chi connectivity index (χ4v) is 4.98. The lowest BCUT2D eigenvalue weighted by Gasteiger charge is -2.46. The van der Waals surface area contributed by atoms with Gasteiger partial charge in [-0.2, -0.15) is 0 Å². The molecule has 4 heteroatoms. The van der Waals surface area contributed by atoms with Crippen LogP contribution < -0.4 is 0 Å². The minimum atomic E-state index is -0.579. The summed E-state index contributed by atoms with van der Waals surface area (Å²) in [7, 11) is 0. The molecule has 2 bridgehead atoms. The summed E-state index contributed by atoms with van der Waals surface area (Å²) in [6, 6.07) is 20.9. The van der Waals surface area contributed by atoms with Crippen LogP contribution in [0.4, 0.5) is 0 Å². The maximum Gasteiger partial charge on any atom is 0.142 e. The van der Waals surface area contributed by atoms with Crippen LogP contribution in [-0.4, -0.2) is 56.6 Å². The van der Waals surface area contributed by atoms with Crippen LogP contribution in [0.25, 0.3) is 0 Å². The van der Waals surface area contributed by atoms with Crippen LogP contribution in [0, 0.1) is 5.92 Å². The second kappa shape index (κ2) is 7.96. The SMILES string of the molecule is c1ccc(C2(c3ccccc3)COC[C@@H](CO[C@H]3CN4CCC3CC4)O2)cc1. The summed E-state index contributed by atoms with van der Waals surface area (Å²) in [4.78, 5) is 2.53. The van der Waals surface area contributed by atoms with Gasteiger partial charge in [0.1, 0.15) is 11.7 Å². The van der Waals surface area contributed by atoms with E-state index in [9.17, 15) is 0 Å². The molecule has 4 nitrogen and oxygen atoms in total. The van der Waals surface area contributed by atoms with Crippen molar-refractivity contribution in [2.45, 2.75) is 30.7 Å². The average molecular weight is 380 g/mol. The summed E-state index contributed by atoms with van der Waals surface area (Å²) in [6.07, 6.45) is 2.82. The van der Waals surface area contributed by atoms with Crippen LogP contribution in [0.15, 0.2) is 60.7 Å². The molecule has 0 radical (unpaired) electrons. The van der Waals surface area contributed by atoms with E-state index in [2.05, 4.69) is 53.4 Å². The van der Waals surface area contributed by atoms with E-state index in [1.165, 1.54) is 25.9 Å². The molecule has 0 aromatic heterocycles. The smallest absolute Gasteiger partial charge is 0.142 e. The second-order valence-electron chi connectivity index (χ2n) is 8.32. The molecule has 148 valence electrons. The van der Waals surface area contributed by atoms with Gasteiger partial charge >= 0.3 is 0 Å². The van der Waals surface area contributed by atoms with Crippen molar-refractivity contribution in [1.82, 2.24) is 4.90 Å². The van der Waals surface area contributed by atoms with E-state index in [4.69, 9.17) is 14.2 Å². The van der Waals surface area contributed by atoms with Gasteiger partial charge in [0, 0.05) is 6.54 Å². The molecule has 28 heavy (non-hydrogen) atoms. The van der Waals surface area contributed by atoms with Crippen molar-refractivity contribution in [3.63, 3.8) is 0 Å². The van der Waals surface area contributed by atoms with Gasteiger partial charge in [0.15, 0.2) is 0 Å². The number of hydrogen-bond donors (Lipinski definition) is 0. The van der Waals surface area contributed by atoms with Gasteiger partial charge in [-0.15, -0.1) is 0 Å². The van der Waals surface area contributed by atoms with Crippen LogP contribution in [0.5, 0.6) is 0 Å². The molecular weight excluding hydrogens is 350 g/mol. The van der Waals surface area contributed by atoms with Gasteiger partial charge in [0.2, 0.25) is 0 Å². The van der Waals surface area contributed by atoms with Crippen LogP contribution in [0.3, 0.4) is 0 Å². The first kappa shape index (κ1) is 18.3. The molecule has 0 amide bonds. The third-order valence-corrected chi connectivity index (χ3v) is 6.55. The maximum absolute atomic E-state index is 6.75. The molecule has 0 spiro atoms. The predicted molar refractivity (Wildman–Crippen MR) is 108 cm³/mol. The van der Waals surface area contributed by atoms with Crippen molar-refractivity contribution in [3.05, 3.63) is 71.8 Å². The Balaban J connectivity index is 1.34. The molecule has 4 fully saturated rings. The molecule has 2 atom stereocenters. The van der Waals surface area contributed by atoms with Crippen molar-refractivity contribution in [1.29, 1.82) is 0 Å². The molecule has 0 unspecified atom stereocenters.